The molecule has 6 nitrogen and oxygen atoms in total. The third-order valence-corrected chi connectivity index (χ3v) is 4.09. The summed E-state index contributed by atoms with van der Waals surface area (Å²) in [6, 6.07) is 2.97. The van der Waals surface area contributed by atoms with Crippen molar-refractivity contribution in [2.75, 3.05) is 11.9 Å². The van der Waals surface area contributed by atoms with Crippen molar-refractivity contribution < 1.29 is 22.3 Å². The lowest BCUT2D eigenvalue weighted by molar-refractivity contribution is -0.116. The highest BCUT2D eigenvalue weighted by Gasteiger charge is 2.17. The van der Waals surface area contributed by atoms with Crippen molar-refractivity contribution in [2.45, 2.75) is 36.7 Å². The van der Waals surface area contributed by atoms with E-state index in [-0.39, 0.29) is 29.0 Å². The second-order valence-corrected chi connectivity index (χ2v) is 6.50. The molecule has 1 unspecified atom stereocenters. The Hall–Kier alpha value is -1.51. The van der Waals surface area contributed by atoms with E-state index in [0.29, 0.717) is 13.0 Å². The van der Waals surface area contributed by atoms with E-state index in [4.69, 9.17) is 9.88 Å². The zero-order valence-corrected chi connectivity index (χ0v) is 12.2. The SMILES string of the molecule is NS(=O)(=O)c1cc(F)cc(NC(=O)CCC2CCCO2)c1. The molecule has 0 spiro atoms. The van der Waals surface area contributed by atoms with E-state index in [2.05, 4.69) is 5.32 Å². The van der Waals surface area contributed by atoms with Crippen LogP contribution in [-0.2, 0) is 19.6 Å². The van der Waals surface area contributed by atoms with Gasteiger partial charge in [0.2, 0.25) is 15.9 Å². The van der Waals surface area contributed by atoms with Gasteiger partial charge in [0.1, 0.15) is 5.82 Å². The molecule has 1 fully saturated rings. The van der Waals surface area contributed by atoms with Gasteiger partial charge < -0.3 is 10.1 Å². The topological polar surface area (TPSA) is 98.5 Å². The Kier molecular flexibility index (Phi) is 4.92. The van der Waals surface area contributed by atoms with Crippen LogP contribution in [0, 0.1) is 5.82 Å². The number of nitrogens with two attached hydrogens (primary N) is 1. The minimum atomic E-state index is -4.02. The zero-order valence-electron chi connectivity index (χ0n) is 11.3. The molecule has 3 N–H and O–H groups in total. The number of sulfonamides is 1. The third-order valence-electron chi connectivity index (χ3n) is 3.20. The van der Waals surface area contributed by atoms with Gasteiger partial charge in [-0.1, -0.05) is 0 Å². The van der Waals surface area contributed by atoms with E-state index in [1.54, 1.807) is 0 Å². The largest absolute Gasteiger partial charge is 0.378 e. The lowest BCUT2D eigenvalue weighted by Gasteiger charge is -2.10. The van der Waals surface area contributed by atoms with E-state index in [1.807, 2.05) is 0 Å². The normalized spacial score (nSPS) is 18.7. The average molecular weight is 316 g/mol. The quantitative estimate of drug-likeness (QED) is 0.857. The van der Waals surface area contributed by atoms with Crippen molar-refractivity contribution in [3.05, 3.63) is 24.0 Å². The van der Waals surface area contributed by atoms with E-state index in [0.717, 1.165) is 31.0 Å². The van der Waals surface area contributed by atoms with Crippen LogP contribution in [0.2, 0.25) is 0 Å². The van der Waals surface area contributed by atoms with Crippen LogP contribution >= 0.6 is 0 Å². The van der Waals surface area contributed by atoms with Crippen molar-refractivity contribution in [2.24, 2.45) is 5.14 Å². The lowest BCUT2D eigenvalue weighted by atomic mass is 10.1. The maximum atomic E-state index is 13.3. The summed E-state index contributed by atoms with van der Waals surface area (Å²) < 4.78 is 41.2. The molecule has 116 valence electrons. The fraction of sp³-hybridized carbons (Fsp3) is 0.462. The number of amides is 1. The second-order valence-electron chi connectivity index (χ2n) is 4.94. The number of nitrogens with one attached hydrogen (secondary N) is 1. The van der Waals surface area contributed by atoms with Crippen LogP contribution in [0.1, 0.15) is 25.7 Å². The van der Waals surface area contributed by atoms with E-state index < -0.39 is 15.8 Å². The fourth-order valence-electron chi connectivity index (χ4n) is 2.19. The van der Waals surface area contributed by atoms with Gasteiger partial charge in [0.05, 0.1) is 11.0 Å². The first kappa shape index (κ1) is 15.9. The molecule has 1 amide bonds. The van der Waals surface area contributed by atoms with Crippen molar-refractivity contribution in [1.82, 2.24) is 0 Å². The molecule has 1 atom stereocenters. The Morgan fingerprint density at radius 1 is 1.43 bits per heavy atom. The lowest BCUT2D eigenvalue weighted by Crippen LogP contribution is -2.17. The van der Waals surface area contributed by atoms with Gasteiger partial charge in [-0.25, -0.2) is 17.9 Å². The number of benzene rings is 1. The first-order valence-electron chi connectivity index (χ1n) is 6.59. The monoisotopic (exact) mass is 316 g/mol. The number of carbonyl (C=O) groups is 1. The summed E-state index contributed by atoms with van der Waals surface area (Å²) in [5, 5.41) is 7.41. The number of ether oxygens (including phenoxy) is 1. The first-order chi connectivity index (χ1) is 9.84. The Bertz CT molecular complexity index is 627. The first-order valence-corrected chi connectivity index (χ1v) is 8.14. The maximum absolute atomic E-state index is 13.3. The summed E-state index contributed by atoms with van der Waals surface area (Å²) in [6.07, 6.45) is 2.83. The Balaban J connectivity index is 1.98. The Morgan fingerprint density at radius 3 is 2.81 bits per heavy atom. The van der Waals surface area contributed by atoms with Crippen molar-refractivity contribution in [3.63, 3.8) is 0 Å². The van der Waals surface area contributed by atoms with E-state index in [1.165, 1.54) is 0 Å². The van der Waals surface area contributed by atoms with Crippen LogP contribution in [0.25, 0.3) is 0 Å². The molecule has 0 aromatic heterocycles. The van der Waals surface area contributed by atoms with Gasteiger partial charge in [-0.05, 0) is 37.5 Å². The van der Waals surface area contributed by atoms with Crippen LogP contribution in [0.4, 0.5) is 10.1 Å². The van der Waals surface area contributed by atoms with Crippen LogP contribution in [0.5, 0.6) is 0 Å². The minimum absolute atomic E-state index is 0.0661. The predicted molar refractivity (Wildman–Crippen MR) is 74.6 cm³/mol. The highest BCUT2D eigenvalue weighted by atomic mass is 32.2. The molecule has 1 heterocycles. The van der Waals surface area contributed by atoms with Crippen LogP contribution in [0.3, 0.4) is 0 Å². The Labute approximate surface area is 122 Å². The highest BCUT2D eigenvalue weighted by molar-refractivity contribution is 7.89. The summed E-state index contributed by atoms with van der Waals surface area (Å²) in [4.78, 5) is 11.4. The van der Waals surface area contributed by atoms with Gasteiger partial charge in [-0.2, -0.15) is 0 Å². The molecular formula is C13H17FN2O4S. The van der Waals surface area contributed by atoms with E-state index in [9.17, 15) is 17.6 Å². The number of anilines is 1. The van der Waals surface area contributed by atoms with Crippen LogP contribution in [0.15, 0.2) is 23.1 Å². The summed E-state index contributed by atoms with van der Waals surface area (Å²) >= 11 is 0. The smallest absolute Gasteiger partial charge is 0.238 e. The number of hydrogen-bond acceptors (Lipinski definition) is 4. The molecular weight excluding hydrogens is 299 g/mol. The van der Waals surface area contributed by atoms with Gasteiger partial charge in [0.25, 0.3) is 0 Å². The fourth-order valence-corrected chi connectivity index (χ4v) is 2.75. The number of primary sulfonamides is 1. The van der Waals surface area contributed by atoms with Crippen molar-refractivity contribution >= 4 is 21.6 Å². The molecule has 1 aromatic carbocycles. The zero-order chi connectivity index (χ0) is 15.5. The van der Waals surface area contributed by atoms with Crippen molar-refractivity contribution in [3.8, 4) is 0 Å². The number of hydrogen-bond donors (Lipinski definition) is 2. The van der Waals surface area contributed by atoms with Gasteiger partial charge in [-0.15, -0.1) is 0 Å². The number of halogens is 1. The van der Waals surface area contributed by atoms with Gasteiger partial charge in [-0.3, -0.25) is 4.79 Å². The molecule has 8 heteroatoms. The molecule has 1 aliphatic heterocycles. The maximum Gasteiger partial charge on any atom is 0.238 e. The number of carbonyl (C=O) groups excluding carboxylic acids is 1. The van der Waals surface area contributed by atoms with E-state index >= 15 is 0 Å². The van der Waals surface area contributed by atoms with Gasteiger partial charge in [0, 0.05) is 18.7 Å². The molecule has 0 radical (unpaired) electrons. The Morgan fingerprint density at radius 2 is 2.19 bits per heavy atom. The molecule has 2 rings (SSSR count). The summed E-state index contributed by atoms with van der Waals surface area (Å²) in [7, 11) is -4.02. The molecule has 1 saturated heterocycles. The summed E-state index contributed by atoms with van der Waals surface area (Å²) in [5.74, 6) is -1.10. The molecule has 1 aliphatic rings. The van der Waals surface area contributed by atoms with Crippen molar-refractivity contribution in [1.29, 1.82) is 0 Å². The average Bonchev–Trinajstić information content (AvgIpc) is 2.87. The van der Waals surface area contributed by atoms with Gasteiger partial charge in [0.15, 0.2) is 0 Å². The summed E-state index contributed by atoms with van der Waals surface area (Å²) in [5.41, 5.74) is 0.0661. The highest BCUT2D eigenvalue weighted by Crippen LogP contribution is 2.19. The number of rotatable bonds is 5. The molecule has 0 saturated carbocycles. The summed E-state index contributed by atoms with van der Waals surface area (Å²) in [6.45, 7) is 0.716. The standard InChI is InChI=1S/C13H17FN2O4S/c14-9-6-10(8-12(7-9)21(15,18)19)16-13(17)4-3-11-2-1-5-20-11/h6-8,11H,1-5H2,(H,16,17)(H2,15,18,19). The molecule has 21 heavy (non-hydrogen) atoms. The predicted octanol–water partition coefficient (Wildman–Crippen LogP) is 1.37. The third kappa shape index (κ3) is 4.76. The van der Waals surface area contributed by atoms with Gasteiger partial charge >= 0.3 is 0 Å². The molecule has 0 bridgehead atoms. The second kappa shape index (κ2) is 6.50. The van der Waals surface area contributed by atoms with Crippen LogP contribution in [-0.4, -0.2) is 27.0 Å². The van der Waals surface area contributed by atoms with Crippen LogP contribution < -0.4 is 10.5 Å². The molecule has 0 aliphatic carbocycles. The molecule has 1 aromatic rings. The minimum Gasteiger partial charge on any atom is -0.378 e.